The number of fused-ring (bicyclic) bond motifs is 1. The van der Waals surface area contributed by atoms with Crippen LogP contribution in [0.25, 0.3) is 11.0 Å². The Balaban J connectivity index is 2.00. The van der Waals surface area contributed by atoms with Crippen molar-refractivity contribution in [3.63, 3.8) is 0 Å². The van der Waals surface area contributed by atoms with Crippen molar-refractivity contribution in [1.82, 2.24) is 0 Å². The fraction of sp³-hybridized carbons (Fsp3) is 0.0667. The predicted molar refractivity (Wildman–Crippen MR) is 85.7 cm³/mol. The van der Waals surface area contributed by atoms with E-state index in [4.69, 9.17) is 4.42 Å². The average molecular weight is 377 g/mol. The molecule has 0 atom stereocenters. The molecule has 23 heavy (non-hydrogen) atoms. The monoisotopic (exact) mass is 378 g/mol. The van der Waals surface area contributed by atoms with Gasteiger partial charge in [0, 0.05) is 0 Å². The van der Waals surface area contributed by atoms with Gasteiger partial charge in [-0.1, -0.05) is 0 Å². The molecule has 3 aromatic rings. The van der Waals surface area contributed by atoms with Crippen molar-refractivity contribution >= 4 is 46.4 Å². The number of rotatable bonds is 4. The third-order valence-corrected chi connectivity index (χ3v) is 5.24. The van der Waals surface area contributed by atoms with Gasteiger partial charge in [-0.25, -0.2) is 0 Å². The molecule has 0 aliphatic rings. The zero-order chi connectivity index (χ0) is 16.6. The van der Waals surface area contributed by atoms with Crippen molar-refractivity contribution < 1.29 is 14.3 Å². The van der Waals surface area contributed by atoms with Crippen LogP contribution in [0.15, 0.2) is 46.9 Å². The van der Waals surface area contributed by atoms with Crippen LogP contribution in [0, 0.1) is 27.2 Å². The Hall–Kier alpha value is -2.70. The molecule has 0 saturated carbocycles. The first-order valence-electron chi connectivity index (χ1n) is 6.55. The molecule has 2 aromatic carbocycles. The molecule has 1 heterocycles. The number of nitro groups is 2. The number of hydrogen-bond donors (Lipinski definition) is 0. The van der Waals surface area contributed by atoms with Gasteiger partial charge in [-0.05, 0) is 0 Å². The molecule has 116 valence electrons. The summed E-state index contributed by atoms with van der Waals surface area (Å²) < 4.78 is 6.78. The molecule has 7 nitrogen and oxygen atoms in total. The number of nitro benzene ring substituents is 2. The third-order valence-electron chi connectivity index (χ3n) is 3.21. The van der Waals surface area contributed by atoms with Crippen LogP contribution in [-0.2, 0) is 0 Å². The van der Waals surface area contributed by atoms with E-state index in [1.54, 1.807) is 0 Å². The van der Waals surface area contributed by atoms with E-state index in [1.807, 2.05) is 31.2 Å². The molecule has 0 saturated heterocycles. The Morgan fingerprint density at radius 2 is 1.78 bits per heavy atom. The second kappa shape index (κ2) is 5.83. The first-order valence-corrected chi connectivity index (χ1v) is 8.26. The first-order chi connectivity index (χ1) is 10.9. The summed E-state index contributed by atoms with van der Waals surface area (Å²) in [5.74, 6) is 0. The SMILES string of the molecule is Cc1ccc2oc([Se]c3ccc([N+](=O)[O-])cc3[N+](=O)[O-])cc2c1. The molecule has 3 rings (SSSR count). The molecule has 0 unspecified atom stereocenters. The number of nitrogens with zero attached hydrogens (tertiary/aromatic N) is 2. The van der Waals surface area contributed by atoms with Gasteiger partial charge in [-0.15, -0.1) is 0 Å². The maximum atomic E-state index is 11.2. The van der Waals surface area contributed by atoms with E-state index in [9.17, 15) is 20.2 Å². The average Bonchev–Trinajstić information content (AvgIpc) is 2.88. The summed E-state index contributed by atoms with van der Waals surface area (Å²) in [6.07, 6.45) is 0. The summed E-state index contributed by atoms with van der Waals surface area (Å²) in [7, 11) is 0. The summed E-state index contributed by atoms with van der Waals surface area (Å²) in [6.45, 7) is 1.97. The molecule has 0 bridgehead atoms. The Morgan fingerprint density at radius 3 is 2.48 bits per heavy atom. The number of aryl methyl sites for hydroxylation is 1. The fourth-order valence-corrected chi connectivity index (χ4v) is 4.05. The zero-order valence-corrected chi connectivity index (χ0v) is 13.6. The molecule has 8 heteroatoms. The number of benzene rings is 2. The minimum atomic E-state index is -0.645. The van der Waals surface area contributed by atoms with Crippen molar-refractivity contribution in [3.05, 3.63) is 68.3 Å². The molecule has 0 spiro atoms. The van der Waals surface area contributed by atoms with E-state index < -0.39 is 24.8 Å². The second-order valence-corrected chi connectivity index (χ2v) is 7.07. The van der Waals surface area contributed by atoms with Crippen molar-refractivity contribution in [2.24, 2.45) is 0 Å². The van der Waals surface area contributed by atoms with E-state index in [0.717, 1.165) is 22.6 Å². The topological polar surface area (TPSA) is 99.4 Å². The van der Waals surface area contributed by atoms with E-state index >= 15 is 0 Å². The first kappa shape index (κ1) is 15.2. The Bertz CT molecular complexity index is 935. The third kappa shape index (κ3) is 3.08. The van der Waals surface area contributed by atoms with Crippen LogP contribution in [0.3, 0.4) is 0 Å². The molecule has 0 fully saturated rings. The van der Waals surface area contributed by atoms with E-state index in [0.29, 0.717) is 9.12 Å². The normalized spacial score (nSPS) is 10.8. The van der Waals surface area contributed by atoms with Gasteiger partial charge in [0.25, 0.3) is 0 Å². The van der Waals surface area contributed by atoms with Crippen molar-refractivity contribution in [2.75, 3.05) is 0 Å². The van der Waals surface area contributed by atoms with E-state index in [-0.39, 0.29) is 11.4 Å². The Labute approximate surface area is 136 Å². The quantitative estimate of drug-likeness (QED) is 0.394. The van der Waals surface area contributed by atoms with E-state index in [1.165, 1.54) is 12.1 Å². The summed E-state index contributed by atoms with van der Waals surface area (Å²) in [6, 6.07) is 11.3. The number of furan rings is 1. The molecule has 0 N–H and O–H groups in total. The van der Waals surface area contributed by atoms with Gasteiger partial charge in [-0.3, -0.25) is 0 Å². The van der Waals surface area contributed by atoms with Crippen LogP contribution in [0.1, 0.15) is 5.56 Å². The Kier molecular flexibility index (Phi) is 3.85. The molecular formula is C15H10N2O5Se. The molecule has 0 radical (unpaired) electrons. The van der Waals surface area contributed by atoms with Crippen LogP contribution in [0.5, 0.6) is 0 Å². The van der Waals surface area contributed by atoms with Gasteiger partial charge in [0.1, 0.15) is 0 Å². The van der Waals surface area contributed by atoms with Gasteiger partial charge in [0.2, 0.25) is 0 Å². The van der Waals surface area contributed by atoms with Gasteiger partial charge in [0.05, 0.1) is 0 Å². The van der Waals surface area contributed by atoms with Crippen LogP contribution < -0.4 is 9.12 Å². The fourth-order valence-electron chi connectivity index (χ4n) is 2.15. The zero-order valence-electron chi connectivity index (χ0n) is 11.9. The molecule has 0 aliphatic carbocycles. The predicted octanol–water partition coefficient (Wildman–Crippen LogP) is 2.21. The van der Waals surface area contributed by atoms with Crippen molar-refractivity contribution in [2.45, 2.75) is 6.92 Å². The summed E-state index contributed by atoms with van der Waals surface area (Å²) in [5, 5.41) is 22.9. The van der Waals surface area contributed by atoms with Crippen molar-refractivity contribution in [3.8, 4) is 0 Å². The van der Waals surface area contributed by atoms with Gasteiger partial charge >= 0.3 is 136 Å². The van der Waals surface area contributed by atoms with Crippen molar-refractivity contribution in [1.29, 1.82) is 0 Å². The van der Waals surface area contributed by atoms with Crippen LogP contribution in [0.4, 0.5) is 11.4 Å². The summed E-state index contributed by atoms with van der Waals surface area (Å²) >= 11 is -0.454. The molecular weight excluding hydrogens is 367 g/mol. The van der Waals surface area contributed by atoms with E-state index in [2.05, 4.69) is 0 Å². The molecule has 0 aliphatic heterocycles. The minimum absolute atomic E-state index is 0.254. The van der Waals surface area contributed by atoms with Gasteiger partial charge in [-0.2, -0.15) is 0 Å². The van der Waals surface area contributed by atoms with Crippen LogP contribution in [0.2, 0.25) is 0 Å². The summed E-state index contributed by atoms with van der Waals surface area (Å²) in [5.41, 5.74) is 1.27. The molecule has 0 amide bonds. The van der Waals surface area contributed by atoms with Crippen LogP contribution >= 0.6 is 0 Å². The van der Waals surface area contributed by atoms with Gasteiger partial charge < -0.3 is 0 Å². The summed E-state index contributed by atoms with van der Waals surface area (Å²) in [4.78, 5) is 20.7. The van der Waals surface area contributed by atoms with Gasteiger partial charge in [0.15, 0.2) is 0 Å². The Morgan fingerprint density at radius 1 is 1.00 bits per heavy atom. The molecule has 1 aromatic heterocycles. The van der Waals surface area contributed by atoms with Crippen LogP contribution in [-0.4, -0.2) is 24.8 Å². The second-order valence-electron chi connectivity index (χ2n) is 4.88. The number of non-ortho nitro benzene ring substituents is 1. The standard InChI is InChI=1S/C15H10N2O5Se/c1-9-2-4-13-10(6-9)7-15(22-13)23-14-5-3-11(16(18)19)8-12(14)17(20)21/h2-8H,1H3. The maximum absolute atomic E-state index is 11.2. The number of hydrogen-bond acceptors (Lipinski definition) is 5.